The van der Waals surface area contributed by atoms with Crippen LogP contribution in [0.4, 0.5) is 0 Å². The molecule has 0 aliphatic heterocycles. The number of ether oxygens (including phenoxy) is 2. The highest BCUT2D eigenvalue weighted by atomic mass is 16.5. The summed E-state index contributed by atoms with van der Waals surface area (Å²) in [5.74, 6) is 3.79. The minimum atomic E-state index is 0.0244. The van der Waals surface area contributed by atoms with Crippen LogP contribution in [0.5, 0.6) is 11.5 Å². The molecule has 4 bridgehead atoms. The van der Waals surface area contributed by atoms with Crippen molar-refractivity contribution in [3.8, 4) is 11.5 Å². The number of benzene rings is 1. The van der Waals surface area contributed by atoms with Crippen LogP contribution in [0.15, 0.2) is 18.2 Å². The largest absolute Gasteiger partial charge is 0.493 e. The molecule has 0 heterocycles. The van der Waals surface area contributed by atoms with Crippen molar-refractivity contribution >= 4 is 5.91 Å². The molecule has 136 valence electrons. The third kappa shape index (κ3) is 3.23. The van der Waals surface area contributed by atoms with E-state index in [-0.39, 0.29) is 17.6 Å². The van der Waals surface area contributed by atoms with Gasteiger partial charge in [0.05, 0.1) is 13.2 Å². The molecule has 1 aromatic carbocycles. The fourth-order valence-corrected chi connectivity index (χ4v) is 5.74. The maximum atomic E-state index is 12.9. The maximum Gasteiger partial charge on any atom is 0.251 e. The predicted molar refractivity (Wildman–Crippen MR) is 97.1 cm³/mol. The number of methoxy groups -OCH3 is 1. The van der Waals surface area contributed by atoms with E-state index >= 15 is 0 Å². The summed E-state index contributed by atoms with van der Waals surface area (Å²) in [6, 6.07) is 5.48. The van der Waals surface area contributed by atoms with E-state index < -0.39 is 0 Å². The van der Waals surface area contributed by atoms with Gasteiger partial charge in [-0.3, -0.25) is 4.79 Å². The van der Waals surface area contributed by atoms with Gasteiger partial charge in [0.25, 0.3) is 5.91 Å². The van der Waals surface area contributed by atoms with Crippen molar-refractivity contribution in [2.45, 2.75) is 64.0 Å². The predicted octanol–water partition coefficient (Wildman–Crippen LogP) is 4.18. The molecule has 4 fully saturated rings. The monoisotopic (exact) mass is 343 g/mol. The highest BCUT2D eigenvalue weighted by Gasteiger charge is 2.51. The van der Waals surface area contributed by atoms with Crippen LogP contribution in [0, 0.1) is 17.8 Å². The lowest BCUT2D eigenvalue weighted by Gasteiger charge is -2.56. The molecule has 1 aromatic rings. The van der Waals surface area contributed by atoms with E-state index in [0.29, 0.717) is 17.1 Å². The van der Waals surface area contributed by atoms with Crippen molar-refractivity contribution in [1.82, 2.24) is 5.32 Å². The lowest BCUT2D eigenvalue weighted by atomic mass is 9.53. The zero-order valence-corrected chi connectivity index (χ0v) is 15.5. The van der Waals surface area contributed by atoms with Gasteiger partial charge in [-0.05, 0) is 88.3 Å². The summed E-state index contributed by atoms with van der Waals surface area (Å²) in [6.45, 7) is 3.96. The van der Waals surface area contributed by atoms with Crippen LogP contribution in [-0.4, -0.2) is 24.7 Å². The van der Waals surface area contributed by atoms with Gasteiger partial charge in [-0.25, -0.2) is 0 Å². The Balaban J connectivity index is 1.51. The average Bonchev–Trinajstić information content (AvgIpc) is 2.52. The van der Waals surface area contributed by atoms with E-state index in [1.54, 1.807) is 13.2 Å². The van der Waals surface area contributed by atoms with Crippen LogP contribution in [0.25, 0.3) is 0 Å². The second kappa shape index (κ2) is 6.22. The highest BCUT2D eigenvalue weighted by Crippen LogP contribution is 2.55. The summed E-state index contributed by atoms with van der Waals surface area (Å²) in [5.41, 5.74) is 0.690. The van der Waals surface area contributed by atoms with Gasteiger partial charge in [0.15, 0.2) is 11.5 Å². The van der Waals surface area contributed by atoms with Gasteiger partial charge in [-0.2, -0.15) is 0 Å². The molecule has 4 aliphatic carbocycles. The molecule has 25 heavy (non-hydrogen) atoms. The van der Waals surface area contributed by atoms with E-state index in [1.807, 2.05) is 26.0 Å². The second-order valence-electron chi connectivity index (χ2n) is 8.68. The first-order valence-electron chi connectivity index (χ1n) is 9.63. The second-order valence-corrected chi connectivity index (χ2v) is 8.68. The van der Waals surface area contributed by atoms with Crippen molar-refractivity contribution in [2.75, 3.05) is 7.11 Å². The fraction of sp³-hybridized carbons (Fsp3) is 0.667. The zero-order valence-electron chi connectivity index (χ0n) is 15.5. The smallest absolute Gasteiger partial charge is 0.251 e. The maximum absolute atomic E-state index is 12.9. The fourth-order valence-electron chi connectivity index (χ4n) is 5.74. The number of rotatable bonds is 5. The number of carbonyl (C=O) groups is 1. The van der Waals surface area contributed by atoms with E-state index in [2.05, 4.69) is 5.32 Å². The van der Waals surface area contributed by atoms with Gasteiger partial charge in [0.1, 0.15) is 0 Å². The number of amides is 1. The van der Waals surface area contributed by atoms with E-state index in [1.165, 1.54) is 19.3 Å². The van der Waals surface area contributed by atoms with Gasteiger partial charge in [-0.1, -0.05) is 0 Å². The van der Waals surface area contributed by atoms with Crippen molar-refractivity contribution in [1.29, 1.82) is 0 Å². The first-order chi connectivity index (χ1) is 12.0. The molecule has 1 amide bonds. The third-order valence-electron chi connectivity index (χ3n) is 6.21. The van der Waals surface area contributed by atoms with Gasteiger partial charge in [0.2, 0.25) is 0 Å². The van der Waals surface area contributed by atoms with E-state index in [0.717, 1.165) is 37.0 Å². The quantitative estimate of drug-likeness (QED) is 0.872. The van der Waals surface area contributed by atoms with Crippen molar-refractivity contribution in [3.63, 3.8) is 0 Å². The zero-order chi connectivity index (χ0) is 17.6. The Labute approximate surface area is 150 Å². The van der Waals surface area contributed by atoms with Crippen molar-refractivity contribution in [2.24, 2.45) is 17.8 Å². The van der Waals surface area contributed by atoms with Crippen LogP contribution in [-0.2, 0) is 0 Å². The summed E-state index contributed by atoms with van der Waals surface area (Å²) in [6.07, 6.45) is 7.70. The lowest BCUT2D eigenvalue weighted by molar-refractivity contribution is -0.0167. The van der Waals surface area contributed by atoms with Crippen LogP contribution in [0.1, 0.15) is 62.7 Å². The summed E-state index contributed by atoms with van der Waals surface area (Å²) in [7, 11) is 1.61. The van der Waals surface area contributed by atoms with E-state index in [4.69, 9.17) is 9.47 Å². The molecule has 4 aliphatic rings. The van der Waals surface area contributed by atoms with Crippen LogP contribution in [0.2, 0.25) is 0 Å². The summed E-state index contributed by atoms with van der Waals surface area (Å²) in [4.78, 5) is 12.9. The molecule has 1 N–H and O–H groups in total. The molecular formula is C21H29NO3. The highest BCUT2D eigenvalue weighted by molar-refractivity contribution is 5.95. The number of nitrogens with one attached hydrogen (secondary N) is 1. The number of carbonyl (C=O) groups excluding carboxylic acids is 1. The normalized spacial score (nSPS) is 32.7. The summed E-state index contributed by atoms with van der Waals surface area (Å²) >= 11 is 0. The Kier molecular flexibility index (Phi) is 4.17. The Hall–Kier alpha value is -1.71. The van der Waals surface area contributed by atoms with E-state index in [9.17, 15) is 4.79 Å². The Morgan fingerprint density at radius 1 is 1.08 bits per heavy atom. The first-order valence-corrected chi connectivity index (χ1v) is 9.63. The standard InChI is InChI=1S/C21H29NO3/c1-13(2)25-18-5-4-17(9-19(18)24-3)20(23)22-21-10-14-6-15(11-21)8-16(7-14)12-21/h4-5,9,13-16H,6-8,10-12H2,1-3H3,(H,22,23). The lowest BCUT2D eigenvalue weighted by Crippen LogP contribution is -2.59. The molecular weight excluding hydrogens is 314 g/mol. The van der Waals surface area contributed by atoms with Crippen LogP contribution < -0.4 is 14.8 Å². The molecule has 5 rings (SSSR count). The van der Waals surface area contributed by atoms with Crippen LogP contribution >= 0.6 is 0 Å². The molecule has 4 nitrogen and oxygen atoms in total. The molecule has 0 atom stereocenters. The topological polar surface area (TPSA) is 47.6 Å². The Bertz CT molecular complexity index is 632. The molecule has 0 aromatic heterocycles. The van der Waals surface area contributed by atoms with Crippen molar-refractivity contribution in [3.05, 3.63) is 23.8 Å². The number of hydrogen-bond acceptors (Lipinski definition) is 3. The van der Waals surface area contributed by atoms with Gasteiger partial charge in [-0.15, -0.1) is 0 Å². The minimum Gasteiger partial charge on any atom is -0.493 e. The van der Waals surface area contributed by atoms with Crippen molar-refractivity contribution < 1.29 is 14.3 Å². The van der Waals surface area contributed by atoms with Gasteiger partial charge >= 0.3 is 0 Å². The Morgan fingerprint density at radius 2 is 1.68 bits per heavy atom. The number of hydrogen-bond donors (Lipinski definition) is 1. The van der Waals surface area contributed by atoms with Gasteiger partial charge < -0.3 is 14.8 Å². The first kappa shape index (κ1) is 16.7. The van der Waals surface area contributed by atoms with Gasteiger partial charge in [0, 0.05) is 11.1 Å². The molecule has 4 heteroatoms. The average molecular weight is 343 g/mol. The minimum absolute atomic E-state index is 0.0244. The summed E-state index contributed by atoms with van der Waals surface area (Å²) < 4.78 is 11.2. The molecule has 0 unspecified atom stereocenters. The molecule has 0 radical (unpaired) electrons. The molecule has 4 saturated carbocycles. The SMILES string of the molecule is COc1cc(C(=O)NC23CC4CC(CC(C4)C2)C3)ccc1OC(C)C. The molecule has 0 saturated heterocycles. The summed E-state index contributed by atoms with van der Waals surface area (Å²) in [5, 5.41) is 3.42. The van der Waals surface area contributed by atoms with Crippen LogP contribution in [0.3, 0.4) is 0 Å². The third-order valence-corrected chi connectivity index (χ3v) is 6.21. The Morgan fingerprint density at radius 3 is 2.20 bits per heavy atom. The molecule has 0 spiro atoms.